The number of Topliss-reactive ketones (excluding diaryl/α,β-unsaturated/α-hetero) is 1. The number of fused-ring (bicyclic) bond motifs is 6. The van der Waals surface area contributed by atoms with Crippen molar-refractivity contribution < 1.29 is 33.4 Å². The van der Waals surface area contributed by atoms with Crippen molar-refractivity contribution in [2.75, 3.05) is 63.4 Å². The highest BCUT2D eigenvalue weighted by atomic mass is 79.9. The average Bonchev–Trinajstić information content (AvgIpc) is 1.62. The Kier molecular flexibility index (Phi) is 33.7. The monoisotopic (exact) mass is 2020 g/mol. The predicted molar refractivity (Wildman–Crippen MR) is 491 cm³/mol. The van der Waals surface area contributed by atoms with Crippen molar-refractivity contribution in [3.63, 3.8) is 0 Å². The number of amides is 3. The highest BCUT2D eigenvalue weighted by Gasteiger charge is 2.33. The highest BCUT2D eigenvalue weighted by molar-refractivity contribution is 9.11. The van der Waals surface area contributed by atoms with E-state index in [0.717, 1.165) is 164 Å². The van der Waals surface area contributed by atoms with E-state index in [9.17, 15) is 19.2 Å². The molecule has 4 fully saturated rings. The zero-order valence-corrected chi connectivity index (χ0v) is 81.5. The molecule has 0 bridgehead atoms. The number of carbonyl (C=O) groups is 4. The van der Waals surface area contributed by atoms with Gasteiger partial charge in [0, 0.05) is 87.7 Å². The summed E-state index contributed by atoms with van der Waals surface area (Å²) in [5.74, 6) is 1.71. The van der Waals surface area contributed by atoms with Gasteiger partial charge in [0.1, 0.15) is 33.4 Å². The molecule has 29 nitrogen and oxygen atoms in total. The van der Waals surface area contributed by atoms with Crippen LogP contribution in [0.1, 0.15) is 188 Å². The van der Waals surface area contributed by atoms with Crippen molar-refractivity contribution in [2.24, 2.45) is 5.92 Å². The minimum Gasteiger partial charge on any atom is -0.444 e. The molecule has 0 atom stereocenters. The number of piperidine rings is 4. The maximum Gasteiger partial charge on any atom is 0.410 e. The van der Waals surface area contributed by atoms with E-state index in [2.05, 4.69) is 157 Å². The average molecular weight is 2030 g/mol. The summed E-state index contributed by atoms with van der Waals surface area (Å²) in [6, 6.07) is 5.96. The molecule has 4 aliphatic heterocycles. The van der Waals surface area contributed by atoms with Crippen molar-refractivity contribution in [1.82, 2.24) is 102 Å². The summed E-state index contributed by atoms with van der Waals surface area (Å²) < 4.78 is 30.5. The molecule has 3 N–H and O–H groups in total. The van der Waals surface area contributed by atoms with Gasteiger partial charge in [-0.15, -0.1) is 29.9 Å². The number of halogens is 7. The Balaban J connectivity index is 0.000000162. The second-order valence-corrected chi connectivity index (χ2v) is 41.2. The van der Waals surface area contributed by atoms with E-state index < -0.39 is 16.8 Å². The van der Waals surface area contributed by atoms with Crippen LogP contribution in [-0.2, 0) is 19.0 Å². The fraction of sp³-hybridized carbons (Fsp3) is 0.506. The van der Waals surface area contributed by atoms with Gasteiger partial charge in [-0.1, -0.05) is 72.9 Å². The lowest BCUT2D eigenvalue weighted by Gasteiger charge is -2.32. The third kappa shape index (κ3) is 27.0. The lowest BCUT2D eigenvalue weighted by Crippen LogP contribution is -2.43. The van der Waals surface area contributed by atoms with Gasteiger partial charge in [0.2, 0.25) is 4.96 Å². The molecule has 4 aliphatic rings. The maximum absolute atomic E-state index is 12.1. The van der Waals surface area contributed by atoms with Gasteiger partial charge in [0.15, 0.2) is 35.9 Å². The number of hydrogen-bond donors (Lipinski definition) is 2. The zero-order chi connectivity index (χ0) is 84.5. The standard InChI is InChI=1S/C18H20N6S.C15H20BrN3O2S.C14H19BrN4O2S.C12H20BrNO3.C9H11N3.C8H8ClN3.C3H3BrN2S.2ClH/c1-11-7-14(22-24-8-12(2)20-17(11)24)16-10-23-9-15(21-18(23)25-16)13-3-5-19-6-4-13;1-15(2,3)21-14(20)18-6-4-10(5-7-18)11-8-19-9-12(16)22-13(19)17-11;1-14(2,3)21-13(20)18-6-4-9(5-7-18)10-8-19-12(16-10)22-11(15)17-19;1-12(2,3)17-11(16)14-6-4-9(5-7-14)10(15)8-13;1-6-4-7(2)11-12-5-8(3)10-9(6)12;1-5-3-7(9)11-12-4-6(2)10-8(5)12;4-2-1-6-3(5)7-2;;/h7-10,13,19H,3-6H2,1-2H3;8-10H,4-7H2,1-3H3;8-9H,4-7H2,1-3H3;9H,4-8H2,1-3H3;4-5H,1-3H3;3-4H,1-2H3;1H,(H2,5,6);2*1H. The van der Waals surface area contributed by atoms with E-state index in [1.807, 2.05) is 154 Å². The molecule has 17 rings (SSSR count). The van der Waals surface area contributed by atoms with Crippen LogP contribution in [0.3, 0.4) is 0 Å². The molecule has 0 aliphatic carbocycles. The molecular weight excluding hydrogens is 1920 g/mol. The summed E-state index contributed by atoms with van der Waals surface area (Å²) in [7, 11) is 0. The van der Waals surface area contributed by atoms with Gasteiger partial charge in [-0.3, -0.25) is 13.6 Å². The second-order valence-electron chi connectivity index (χ2n) is 32.2. The number of carbonyl (C=O) groups excluding carboxylic acids is 4. The molecule has 17 heterocycles. The third-order valence-electron chi connectivity index (χ3n) is 19.0. The van der Waals surface area contributed by atoms with Gasteiger partial charge in [0.05, 0.1) is 88.6 Å². The molecule has 0 spiro atoms. The number of nitrogens with two attached hydrogens (primary N) is 1. The molecular formula is C79H103Br4Cl3N22O7S4. The Hall–Kier alpha value is -7.04. The van der Waals surface area contributed by atoms with Crippen molar-refractivity contribution in [1.29, 1.82) is 0 Å². The smallest absolute Gasteiger partial charge is 0.410 e. The molecule has 3 amide bonds. The fourth-order valence-electron chi connectivity index (χ4n) is 13.6. The number of aryl methyl sites for hydroxylation is 7. The molecule has 644 valence electrons. The molecule has 13 aromatic rings. The van der Waals surface area contributed by atoms with Gasteiger partial charge in [0.25, 0.3) is 0 Å². The van der Waals surface area contributed by atoms with E-state index >= 15 is 0 Å². The number of nitrogens with one attached hydrogen (secondary N) is 1. The van der Waals surface area contributed by atoms with Gasteiger partial charge < -0.3 is 40.0 Å². The number of ketones is 1. The quantitative estimate of drug-likeness (QED) is 0.115. The molecule has 0 saturated carbocycles. The summed E-state index contributed by atoms with van der Waals surface area (Å²) in [5.41, 5.74) is 18.4. The number of imidazole rings is 6. The van der Waals surface area contributed by atoms with Crippen LogP contribution in [0.4, 0.5) is 19.5 Å². The van der Waals surface area contributed by atoms with Crippen molar-refractivity contribution in [2.45, 2.75) is 197 Å². The van der Waals surface area contributed by atoms with Gasteiger partial charge in [-0.2, -0.15) is 15.3 Å². The SMILES string of the molecule is CC(C)(C)OC(=O)N1CCC(C(=O)CBr)CC1.CC(C)(C)OC(=O)N1CCC(c2cn3cc(Br)sc3n2)CC1.CC(C)(C)OC(=O)N1CCC(c2cn3nc(Br)sc3n2)CC1.Cc1cn2nc(-c3cn4cc(C5CCNCC5)nc4s3)cc(C)c2n1.Cc1cn2nc(C)cc(C)c2n1.Cc1cn2nc(Cl)cc(C)c2n1.Cl.Cl.Nc1ncc(Br)s1. The van der Waals surface area contributed by atoms with Crippen LogP contribution in [0.25, 0.3) is 42.4 Å². The van der Waals surface area contributed by atoms with Gasteiger partial charge >= 0.3 is 18.3 Å². The fourth-order valence-corrected chi connectivity index (χ4v) is 18.8. The van der Waals surface area contributed by atoms with E-state index in [0.29, 0.717) is 59.5 Å². The molecule has 13 aromatic heterocycles. The first-order valence-electron chi connectivity index (χ1n) is 38.6. The first kappa shape index (κ1) is 95.8. The van der Waals surface area contributed by atoms with Crippen LogP contribution in [0.5, 0.6) is 0 Å². The van der Waals surface area contributed by atoms with Crippen molar-refractivity contribution in [3.8, 4) is 10.6 Å². The van der Waals surface area contributed by atoms with Gasteiger partial charge in [-0.05, 0) is 258 Å². The number of aromatic nitrogens is 17. The number of nitrogens with zero attached hydrogens (tertiary/aromatic N) is 20. The predicted octanol–water partition coefficient (Wildman–Crippen LogP) is 19.7. The number of likely N-dealkylation sites (tertiary alicyclic amines) is 3. The number of nitrogen functional groups attached to an aromatic ring is 1. The number of alkyl halides is 1. The van der Waals surface area contributed by atoms with Crippen LogP contribution in [0, 0.1) is 54.4 Å². The molecule has 0 unspecified atom stereocenters. The van der Waals surface area contributed by atoms with Gasteiger partial charge in [-0.25, -0.2) is 67.3 Å². The topological polar surface area (TPSA) is 312 Å². The lowest BCUT2D eigenvalue weighted by molar-refractivity contribution is -0.121. The molecule has 119 heavy (non-hydrogen) atoms. The third-order valence-corrected chi connectivity index (χ3v) is 24.9. The number of rotatable bonds is 6. The van der Waals surface area contributed by atoms with Crippen LogP contribution in [-0.4, -0.2) is 195 Å². The lowest BCUT2D eigenvalue weighted by atomic mass is 9.94. The summed E-state index contributed by atoms with van der Waals surface area (Å²) >= 11 is 25.3. The Morgan fingerprint density at radius 3 is 1.34 bits per heavy atom. The van der Waals surface area contributed by atoms with E-state index in [4.69, 9.17) is 46.6 Å². The van der Waals surface area contributed by atoms with Crippen LogP contribution < -0.4 is 11.1 Å². The number of hydrogen-bond acceptors (Lipinski definition) is 24. The van der Waals surface area contributed by atoms with Crippen molar-refractivity contribution in [3.05, 3.63) is 147 Å². The normalized spacial score (nSPS) is 15.1. The van der Waals surface area contributed by atoms with Crippen LogP contribution in [0.2, 0.25) is 5.15 Å². The Morgan fingerprint density at radius 1 is 0.479 bits per heavy atom. The largest absolute Gasteiger partial charge is 0.444 e. The summed E-state index contributed by atoms with van der Waals surface area (Å²) in [5, 5.41) is 22.4. The van der Waals surface area contributed by atoms with Crippen molar-refractivity contribution >= 4 is 207 Å². The molecule has 0 radical (unpaired) electrons. The van der Waals surface area contributed by atoms with E-state index in [1.54, 1.807) is 48.1 Å². The second kappa shape index (κ2) is 41.9. The maximum atomic E-state index is 12.1. The Morgan fingerprint density at radius 2 is 0.908 bits per heavy atom. The van der Waals surface area contributed by atoms with Crippen LogP contribution >= 0.6 is 145 Å². The molecule has 40 heteroatoms. The number of thiazole rings is 3. The highest BCUT2D eigenvalue weighted by Crippen LogP contribution is 2.36. The summed E-state index contributed by atoms with van der Waals surface area (Å²) in [6.45, 7) is 37.2. The van der Waals surface area contributed by atoms with E-state index in [-0.39, 0.29) is 54.8 Å². The van der Waals surface area contributed by atoms with Crippen LogP contribution in [0.15, 0.2) is 85.5 Å². The number of ether oxygens (including phenoxy) is 3. The number of anilines is 1. The summed E-state index contributed by atoms with van der Waals surface area (Å²) in [4.78, 5) is 87.9. The zero-order valence-electron chi connectivity index (χ0n) is 69.5. The Labute approximate surface area is 759 Å². The molecule has 0 aromatic carbocycles. The Bertz CT molecular complexity index is 5270. The minimum absolute atomic E-state index is 0. The minimum atomic E-state index is -0.459. The first-order chi connectivity index (χ1) is 55.2. The van der Waals surface area contributed by atoms with E-state index in [1.165, 1.54) is 46.8 Å². The molecule has 4 saturated heterocycles. The summed E-state index contributed by atoms with van der Waals surface area (Å²) in [6.07, 6.45) is 24.7. The first-order valence-corrected chi connectivity index (χ1v) is 45.8.